The molecule has 24 heavy (non-hydrogen) atoms. The van der Waals surface area contributed by atoms with Gasteiger partial charge in [0.15, 0.2) is 0 Å². The maximum Gasteiger partial charge on any atom is 0.408 e. The third kappa shape index (κ3) is 3.40. The Morgan fingerprint density at radius 2 is 1.75 bits per heavy atom. The molecule has 1 saturated heterocycles. The van der Waals surface area contributed by atoms with E-state index in [0.717, 1.165) is 11.1 Å². The van der Waals surface area contributed by atoms with Crippen molar-refractivity contribution in [3.8, 4) is 0 Å². The summed E-state index contributed by atoms with van der Waals surface area (Å²) in [6.07, 6.45) is -0.576. The zero-order chi connectivity index (χ0) is 16.9. The molecule has 2 aromatic rings. The first-order chi connectivity index (χ1) is 11.7. The summed E-state index contributed by atoms with van der Waals surface area (Å²) in [5, 5.41) is 2.78. The molecule has 0 bridgehead atoms. The third-order valence-corrected chi connectivity index (χ3v) is 4.21. The van der Waals surface area contributed by atoms with Crippen molar-refractivity contribution in [2.24, 2.45) is 5.92 Å². The Bertz CT molecular complexity index is 702. The molecule has 1 aliphatic rings. The second kappa shape index (κ2) is 7.17. The van der Waals surface area contributed by atoms with E-state index in [4.69, 9.17) is 9.47 Å². The lowest BCUT2D eigenvalue weighted by Gasteiger charge is -2.24. The predicted molar refractivity (Wildman–Crippen MR) is 88.2 cm³/mol. The molecule has 0 saturated carbocycles. The van der Waals surface area contributed by atoms with E-state index in [0.29, 0.717) is 6.42 Å². The van der Waals surface area contributed by atoms with Gasteiger partial charge in [-0.25, -0.2) is 4.79 Å². The SMILES string of the molecule is COC(=O)[C@H](Cc1ccccc1)[C@@H]1NC(=O)O[C@@H]1c1ccccc1. The van der Waals surface area contributed by atoms with Crippen LogP contribution in [0.5, 0.6) is 0 Å². The zero-order valence-corrected chi connectivity index (χ0v) is 13.3. The number of nitrogens with one attached hydrogen (secondary N) is 1. The molecular formula is C19H19NO4. The van der Waals surface area contributed by atoms with Gasteiger partial charge in [0, 0.05) is 0 Å². The number of alkyl carbamates (subject to hydrolysis) is 1. The van der Waals surface area contributed by atoms with Crippen LogP contribution in [0.2, 0.25) is 0 Å². The number of methoxy groups -OCH3 is 1. The topological polar surface area (TPSA) is 64.6 Å². The summed E-state index contributed by atoms with van der Waals surface area (Å²) >= 11 is 0. The van der Waals surface area contributed by atoms with Crippen molar-refractivity contribution in [3.63, 3.8) is 0 Å². The first-order valence-electron chi connectivity index (χ1n) is 7.83. The Morgan fingerprint density at radius 3 is 2.38 bits per heavy atom. The quantitative estimate of drug-likeness (QED) is 0.859. The fourth-order valence-electron chi connectivity index (χ4n) is 3.04. The fourth-order valence-corrected chi connectivity index (χ4v) is 3.04. The molecule has 1 aliphatic heterocycles. The molecule has 0 aromatic heterocycles. The van der Waals surface area contributed by atoms with Crippen LogP contribution in [0.4, 0.5) is 4.79 Å². The number of hydrogen-bond donors (Lipinski definition) is 1. The second-order valence-electron chi connectivity index (χ2n) is 5.73. The molecule has 0 aliphatic carbocycles. The van der Waals surface area contributed by atoms with Crippen LogP contribution >= 0.6 is 0 Å². The van der Waals surface area contributed by atoms with Crippen molar-refractivity contribution in [2.45, 2.75) is 18.6 Å². The lowest BCUT2D eigenvalue weighted by Crippen LogP contribution is -2.41. The van der Waals surface area contributed by atoms with Crippen LogP contribution in [0, 0.1) is 5.92 Å². The van der Waals surface area contributed by atoms with E-state index >= 15 is 0 Å². The van der Waals surface area contributed by atoms with E-state index < -0.39 is 24.2 Å². The Hall–Kier alpha value is -2.82. The summed E-state index contributed by atoms with van der Waals surface area (Å²) in [4.78, 5) is 24.2. The standard InChI is InChI=1S/C19H19NO4/c1-23-18(21)15(12-13-8-4-2-5-9-13)16-17(24-19(22)20-16)14-10-6-3-7-11-14/h2-11,15-17H,12H2,1H3,(H,20,22)/t15-,16+,17-/m1/s1. The number of rotatable bonds is 5. The summed E-state index contributed by atoms with van der Waals surface area (Å²) in [5.74, 6) is -0.898. The van der Waals surface area contributed by atoms with Crippen LogP contribution in [-0.4, -0.2) is 25.2 Å². The lowest BCUT2D eigenvalue weighted by molar-refractivity contribution is -0.147. The van der Waals surface area contributed by atoms with Gasteiger partial charge in [0.2, 0.25) is 0 Å². The smallest absolute Gasteiger partial charge is 0.408 e. The van der Waals surface area contributed by atoms with Gasteiger partial charge >= 0.3 is 12.1 Å². The molecular weight excluding hydrogens is 306 g/mol. The maximum atomic E-state index is 12.4. The molecule has 3 rings (SSSR count). The first kappa shape index (κ1) is 16.1. The molecule has 3 atom stereocenters. The summed E-state index contributed by atoms with van der Waals surface area (Å²) in [5.41, 5.74) is 1.85. The van der Waals surface area contributed by atoms with Crippen LogP contribution < -0.4 is 5.32 Å². The highest BCUT2D eigenvalue weighted by Gasteiger charge is 2.43. The van der Waals surface area contributed by atoms with Crippen molar-refractivity contribution in [1.82, 2.24) is 5.32 Å². The third-order valence-electron chi connectivity index (χ3n) is 4.21. The van der Waals surface area contributed by atoms with Crippen LogP contribution in [-0.2, 0) is 20.7 Å². The highest BCUT2D eigenvalue weighted by atomic mass is 16.6. The maximum absolute atomic E-state index is 12.4. The highest BCUT2D eigenvalue weighted by molar-refractivity contribution is 5.77. The number of esters is 1. The van der Waals surface area contributed by atoms with E-state index in [1.54, 1.807) is 0 Å². The molecule has 124 valence electrons. The Morgan fingerprint density at radius 1 is 1.12 bits per heavy atom. The summed E-state index contributed by atoms with van der Waals surface area (Å²) in [6, 6.07) is 18.6. The molecule has 0 radical (unpaired) electrons. The van der Waals surface area contributed by atoms with Crippen molar-refractivity contribution < 1.29 is 19.1 Å². The number of carbonyl (C=O) groups is 2. The molecule has 0 spiro atoms. The Balaban J connectivity index is 1.90. The van der Waals surface area contributed by atoms with E-state index in [1.807, 2.05) is 60.7 Å². The van der Waals surface area contributed by atoms with Gasteiger partial charge in [0.1, 0.15) is 6.10 Å². The molecule has 5 nitrogen and oxygen atoms in total. The number of hydrogen-bond acceptors (Lipinski definition) is 4. The van der Waals surface area contributed by atoms with Crippen molar-refractivity contribution in [3.05, 3.63) is 71.8 Å². The molecule has 1 heterocycles. The number of amides is 1. The van der Waals surface area contributed by atoms with Gasteiger partial charge < -0.3 is 14.8 Å². The monoisotopic (exact) mass is 325 g/mol. The minimum absolute atomic E-state index is 0.365. The molecule has 1 amide bonds. The minimum Gasteiger partial charge on any atom is -0.469 e. The van der Waals surface area contributed by atoms with Gasteiger partial charge in [-0.2, -0.15) is 0 Å². The number of cyclic esters (lactones) is 1. The van der Waals surface area contributed by atoms with Gasteiger partial charge in [0.25, 0.3) is 0 Å². The molecule has 0 unspecified atom stereocenters. The number of ether oxygens (including phenoxy) is 2. The second-order valence-corrected chi connectivity index (χ2v) is 5.73. The van der Waals surface area contributed by atoms with E-state index in [1.165, 1.54) is 7.11 Å². The van der Waals surface area contributed by atoms with Gasteiger partial charge in [-0.1, -0.05) is 60.7 Å². The molecule has 2 aromatic carbocycles. The lowest BCUT2D eigenvalue weighted by atomic mass is 9.87. The van der Waals surface area contributed by atoms with Crippen LogP contribution in [0.1, 0.15) is 17.2 Å². The van der Waals surface area contributed by atoms with Crippen molar-refractivity contribution >= 4 is 12.1 Å². The predicted octanol–water partition coefficient (Wildman–Crippen LogP) is 2.87. The van der Waals surface area contributed by atoms with E-state index in [9.17, 15) is 9.59 Å². The molecule has 1 N–H and O–H groups in total. The van der Waals surface area contributed by atoms with E-state index in [2.05, 4.69) is 5.32 Å². The number of carbonyl (C=O) groups excluding carboxylic acids is 2. The molecule has 5 heteroatoms. The highest BCUT2D eigenvalue weighted by Crippen LogP contribution is 2.32. The normalized spacial score (nSPS) is 20.8. The van der Waals surface area contributed by atoms with E-state index in [-0.39, 0.29) is 5.97 Å². The van der Waals surface area contributed by atoms with Gasteiger partial charge in [0.05, 0.1) is 19.1 Å². The average Bonchev–Trinajstić information content (AvgIpc) is 3.02. The van der Waals surface area contributed by atoms with Gasteiger partial charge in [-0.3, -0.25) is 4.79 Å². The van der Waals surface area contributed by atoms with Crippen LogP contribution in [0.15, 0.2) is 60.7 Å². The van der Waals surface area contributed by atoms with Crippen molar-refractivity contribution in [1.29, 1.82) is 0 Å². The summed E-state index contributed by atoms with van der Waals surface area (Å²) < 4.78 is 10.4. The van der Waals surface area contributed by atoms with Crippen molar-refractivity contribution in [2.75, 3.05) is 7.11 Å². The average molecular weight is 325 g/mol. The Kier molecular flexibility index (Phi) is 4.79. The number of benzene rings is 2. The van der Waals surface area contributed by atoms with Gasteiger partial charge in [-0.05, 0) is 17.5 Å². The molecule has 1 fully saturated rings. The minimum atomic E-state index is -0.533. The van der Waals surface area contributed by atoms with Crippen LogP contribution in [0.25, 0.3) is 0 Å². The van der Waals surface area contributed by atoms with Crippen LogP contribution in [0.3, 0.4) is 0 Å². The zero-order valence-electron chi connectivity index (χ0n) is 13.3. The fraction of sp³-hybridized carbons (Fsp3) is 0.263. The van der Waals surface area contributed by atoms with Gasteiger partial charge in [-0.15, -0.1) is 0 Å². The first-order valence-corrected chi connectivity index (χ1v) is 7.83. The largest absolute Gasteiger partial charge is 0.469 e. The summed E-state index contributed by atoms with van der Waals surface area (Å²) in [7, 11) is 1.36. The Labute approximate surface area is 140 Å². The summed E-state index contributed by atoms with van der Waals surface area (Å²) in [6.45, 7) is 0.